The number of ether oxygens (including phenoxy) is 2. The van der Waals surface area contributed by atoms with E-state index >= 15 is 0 Å². The summed E-state index contributed by atoms with van der Waals surface area (Å²) in [6.45, 7) is 1.16. The second-order valence-corrected chi connectivity index (χ2v) is 4.47. The van der Waals surface area contributed by atoms with Gasteiger partial charge in [0.25, 0.3) is 0 Å². The van der Waals surface area contributed by atoms with Crippen molar-refractivity contribution in [2.75, 3.05) is 13.2 Å². The fourth-order valence-corrected chi connectivity index (χ4v) is 2.13. The molecule has 2 fully saturated rings. The van der Waals surface area contributed by atoms with Gasteiger partial charge in [-0.05, 0) is 25.0 Å². The minimum absolute atomic E-state index is 0.296. The van der Waals surface area contributed by atoms with E-state index < -0.39 is 11.7 Å². The summed E-state index contributed by atoms with van der Waals surface area (Å²) in [4.78, 5) is 15.9. The van der Waals surface area contributed by atoms with Gasteiger partial charge in [-0.1, -0.05) is 6.07 Å². The molecule has 1 aliphatic heterocycles. The monoisotopic (exact) mass is 234 g/mol. The molecule has 0 spiro atoms. The highest BCUT2D eigenvalue weighted by molar-refractivity contribution is 5.89. The lowest BCUT2D eigenvalue weighted by molar-refractivity contribution is -0.120. The third-order valence-corrected chi connectivity index (χ3v) is 3.35. The third kappa shape index (κ3) is 1.71. The average Bonchev–Trinajstić information content (AvgIpc) is 2.98. The lowest BCUT2D eigenvalue weighted by atomic mass is 10.0. The minimum atomic E-state index is -0.547. The van der Waals surface area contributed by atoms with E-state index in [1.54, 1.807) is 0 Å². The van der Waals surface area contributed by atoms with Gasteiger partial charge >= 0.3 is 0 Å². The highest BCUT2D eigenvalue weighted by Gasteiger charge is 2.51. The van der Waals surface area contributed by atoms with E-state index in [-0.39, 0.29) is 5.91 Å². The van der Waals surface area contributed by atoms with Crippen LogP contribution >= 0.6 is 0 Å². The predicted molar refractivity (Wildman–Crippen MR) is 59.0 cm³/mol. The van der Waals surface area contributed by atoms with Crippen molar-refractivity contribution in [3.63, 3.8) is 0 Å². The van der Waals surface area contributed by atoms with Gasteiger partial charge in [-0.15, -0.1) is 0 Å². The number of amides is 1. The SMILES string of the molecule is NC(=O)C1(c2cccc(C3OCCO3)n2)CC1. The number of aromatic nitrogens is 1. The largest absolute Gasteiger partial charge is 0.369 e. The molecule has 3 rings (SSSR count). The number of rotatable bonds is 3. The van der Waals surface area contributed by atoms with Gasteiger partial charge in [-0.3, -0.25) is 9.78 Å². The molecule has 1 aromatic rings. The maximum Gasteiger partial charge on any atom is 0.229 e. The number of primary amides is 1. The Kier molecular flexibility index (Phi) is 2.38. The molecule has 0 atom stereocenters. The van der Waals surface area contributed by atoms with E-state index in [0.29, 0.717) is 18.9 Å². The molecule has 1 saturated carbocycles. The lowest BCUT2D eigenvalue weighted by Gasteiger charge is -2.13. The van der Waals surface area contributed by atoms with Crippen LogP contribution in [0.25, 0.3) is 0 Å². The van der Waals surface area contributed by atoms with E-state index in [9.17, 15) is 4.79 Å². The Morgan fingerprint density at radius 1 is 1.35 bits per heavy atom. The normalized spacial score (nSPS) is 22.6. The van der Waals surface area contributed by atoms with Crippen molar-refractivity contribution >= 4 is 5.91 Å². The maximum atomic E-state index is 11.4. The average molecular weight is 234 g/mol. The van der Waals surface area contributed by atoms with E-state index in [2.05, 4.69) is 4.98 Å². The van der Waals surface area contributed by atoms with Crippen LogP contribution in [0.4, 0.5) is 0 Å². The Bertz CT molecular complexity index is 451. The zero-order chi connectivity index (χ0) is 11.9. The van der Waals surface area contributed by atoms with Crippen LogP contribution < -0.4 is 5.73 Å². The van der Waals surface area contributed by atoms with Gasteiger partial charge in [0.1, 0.15) is 0 Å². The van der Waals surface area contributed by atoms with Crippen molar-refractivity contribution in [1.82, 2.24) is 4.98 Å². The molecule has 1 aliphatic carbocycles. The van der Waals surface area contributed by atoms with Crippen LogP contribution in [0.3, 0.4) is 0 Å². The summed E-state index contributed by atoms with van der Waals surface area (Å²) in [7, 11) is 0. The summed E-state index contributed by atoms with van der Waals surface area (Å²) < 4.78 is 10.8. The summed E-state index contributed by atoms with van der Waals surface area (Å²) in [6, 6.07) is 5.55. The Labute approximate surface area is 98.9 Å². The first kappa shape index (κ1) is 10.7. The topological polar surface area (TPSA) is 74.4 Å². The van der Waals surface area contributed by atoms with Crippen molar-refractivity contribution in [3.8, 4) is 0 Å². The second-order valence-electron chi connectivity index (χ2n) is 4.47. The Hall–Kier alpha value is -1.46. The van der Waals surface area contributed by atoms with Gasteiger partial charge in [0.15, 0.2) is 0 Å². The van der Waals surface area contributed by atoms with Crippen LogP contribution in [0.15, 0.2) is 18.2 Å². The molecule has 2 aliphatic rings. The number of carbonyl (C=O) groups is 1. The van der Waals surface area contributed by atoms with Crippen molar-refractivity contribution < 1.29 is 14.3 Å². The van der Waals surface area contributed by atoms with Crippen LogP contribution in [0.1, 0.15) is 30.5 Å². The van der Waals surface area contributed by atoms with Gasteiger partial charge in [0.2, 0.25) is 12.2 Å². The molecule has 5 nitrogen and oxygen atoms in total. The molecule has 0 radical (unpaired) electrons. The summed E-state index contributed by atoms with van der Waals surface area (Å²) in [5, 5.41) is 0. The number of hydrogen-bond donors (Lipinski definition) is 1. The standard InChI is InChI=1S/C12H14N2O3/c13-11(15)12(4-5-12)9-3-1-2-8(14-9)10-16-6-7-17-10/h1-3,10H,4-7H2,(H2,13,15). The summed E-state index contributed by atoms with van der Waals surface area (Å²) >= 11 is 0. The smallest absolute Gasteiger partial charge is 0.229 e. The maximum absolute atomic E-state index is 11.4. The summed E-state index contributed by atoms with van der Waals surface area (Å²) in [5.74, 6) is -0.296. The van der Waals surface area contributed by atoms with E-state index in [1.807, 2.05) is 18.2 Å². The van der Waals surface area contributed by atoms with E-state index in [0.717, 1.165) is 18.5 Å². The number of nitrogens with two attached hydrogens (primary N) is 1. The number of nitrogens with zero attached hydrogens (tertiary/aromatic N) is 1. The molecule has 2 N–H and O–H groups in total. The van der Waals surface area contributed by atoms with Crippen LogP contribution in [-0.4, -0.2) is 24.1 Å². The third-order valence-electron chi connectivity index (χ3n) is 3.35. The highest BCUT2D eigenvalue weighted by Crippen LogP contribution is 2.47. The second kappa shape index (κ2) is 3.78. The van der Waals surface area contributed by atoms with Crippen LogP contribution in [0.5, 0.6) is 0 Å². The number of carbonyl (C=O) groups excluding carboxylic acids is 1. The molecule has 1 aromatic heterocycles. The van der Waals surface area contributed by atoms with Crippen LogP contribution in [0.2, 0.25) is 0 Å². The molecule has 0 aromatic carbocycles. The van der Waals surface area contributed by atoms with Crippen LogP contribution in [-0.2, 0) is 19.7 Å². The van der Waals surface area contributed by atoms with Gasteiger partial charge in [0, 0.05) is 0 Å². The zero-order valence-corrected chi connectivity index (χ0v) is 9.39. The Morgan fingerprint density at radius 2 is 2.06 bits per heavy atom. The van der Waals surface area contributed by atoms with Crippen molar-refractivity contribution in [2.24, 2.45) is 5.73 Å². The van der Waals surface area contributed by atoms with Gasteiger partial charge in [0.05, 0.1) is 30.0 Å². The minimum Gasteiger partial charge on any atom is -0.369 e. The first-order valence-corrected chi connectivity index (χ1v) is 5.73. The lowest BCUT2D eigenvalue weighted by Crippen LogP contribution is -2.29. The molecule has 1 amide bonds. The summed E-state index contributed by atoms with van der Waals surface area (Å²) in [6.07, 6.45) is 1.16. The van der Waals surface area contributed by atoms with Gasteiger partial charge in [-0.2, -0.15) is 0 Å². The van der Waals surface area contributed by atoms with E-state index in [4.69, 9.17) is 15.2 Å². The first-order valence-electron chi connectivity index (χ1n) is 5.73. The number of hydrogen-bond acceptors (Lipinski definition) is 4. The molecule has 90 valence electrons. The summed E-state index contributed by atoms with van der Waals surface area (Å²) in [5.41, 5.74) is 6.33. The number of pyridine rings is 1. The Balaban J connectivity index is 1.91. The molecule has 1 saturated heterocycles. The predicted octanol–water partition coefficient (Wildman–Crippen LogP) is 0.644. The molecular weight excluding hydrogens is 220 g/mol. The van der Waals surface area contributed by atoms with E-state index in [1.165, 1.54) is 0 Å². The molecule has 17 heavy (non-hydrogen) atoms. The quantitative estimate of drug-likeness (QED) is 0.833. The van der Waals surface area contributed by atoms with Gasteiger partial charge < -0.3 is 15.2 Å². The molecule has 5 heteroatoms. The first-order chi connectivity index (χ1) is 8.22. The highest BCUT2D eigenvalue weighted by atomic mass is 16.7. The van der Waals surface area contributed by atoms with Crippen molar-refractivity contribution in [1.29, 1.82) is 0 Å². The van der Waals surface area contributed by atoms with Gasteiger partial charge in [-0.25, -0.2) is 0 Å². The Morgan fingerprint density at radius 3 is 2.65 bits per heavy atom. The molecular formula is C12H14N2O3. The van der Waals surface area contributed by atoms with Crippen LogP contribution in [0, 0.1) is 0 Å². The zero-order valence-electron chi connectivity index (χ0n) is 9.39. The molecule has 0 bridgehead atoms. The molecule has 2 heterocycles. The van der Waals surface area contributed by atoms with Crippen molar-refractivity contribution in [3.05, 3.63) is 29.6 Å². The van der Waals surface area contributed by atoms with Crippen molar-refractivity contribution in [2.45, 2.75) is 24.5 Å². The molecule has 0 unspecified atom stereocenters. The fraction of sp³-hybridized carbons (Fsp3) is 0.500. The fourth-order valence-electron chi connectivity index (χ4n) is 2.13.